The van der Waals surface area contributed by atoms with Gasteiger partial charge in [-0.1, -0.05) is 19.0 Å². The molecule has 1 atom stereocenters. The average Bonchev–Trinajstić information content (AvgIpc) is 2.72. The van der Waals surface area contributed by atoms with Gasteiger partial charge in [0.1, 0.15) is 6.61 Å². The summed E-state index contributed by atoms with van der Waals surface area (Å²) in [5.74, 6) is 1.25. The summed E-state index contributed by atoms with van der Waals surface area (Å²) < 4.78 is 15.1. The summed E-state index contributed by atoms with van der Waals surface area (Å²) in [7, 11) is 1.62. The lowest BCUT2D eigenvalue weighted by Gasteiger charge is -2.09. The zero-order valence-electron chi connectivity index (χ0n) is 9.97. The van der Waals surface area contributed by atoms with Gasteiger partial charge in [-0.25, -0.2) is 0 Å². The Labute approximate surface area is 95.1 Å². The zero-order chi connectivity index (χ0) is 12.0. The molecule has 6 nitrogen and oxygen atoms in total. The monoisotopic (exact) mass is 229 g/mol. The first-order valence-electron chi connectivity index (χ1n) is 5.30. The SMILES string of the molecule is COCCOCc1nc(C(N)C(C)C)no1. The minimum atomic E-state index is -0.198. The van der Waals surface area contributed by atoms with Crippen LogP contribution in [0.15, 0.2) is 4.52 Å². The summed E-state index contributed by atoms with van der Waals surface area (Å²) in [5.41, 5.74) is 5.88. The third kappa shape index (κ3) is 3.88. The predicted octanol–water partition coefficient (Wildman–Crippen LogP) is 0.888. The van der Waals surface area contributed by atoms with Crippen LogP contribution in [0.1, 0.15) is 31.6 Å². The van der Waals surface area contributed by atoms with Gasteiger partial charge in [0.2, 0.25) is 0 Å². The molecule has 0 aliphatic carbocycles. The van der Waals surface area contributed by atoms with Crippen LogP contribution in [0.2, 0.25) is 0 Å². The molecule has 1 heterocycles. The standard InChI is InChI=1S/C10H19N3O3/c1-7(2)9(11)10-12-8(16-13-10)6-15-5-4-14-3/h7,9H,4-6,11H2,1-3H3. The Morgan fingerprint density at radius 2 is 2.12 bits per heavy atom. The Kier molecular flexibility index (Phi) is 5.37. The van der Waals surface area contributed by atoms with Gasteiger partial charge in [-0.15, -0.1) is 0 Å². The predicted molar refractivity (Wildman–Crippen MR) is 57.6 cm³/mol. The van der Waals surface area contributed by atoms with E-state index >= 15 is 0 Å². The van der Waals surface area contributed by atoms with Gasteiger partial charge in [-0.2, -0.15) is 4.98 Å². The number of rotatable bonds is 7. The lowest BCUT2D eigenvalue weighted by Crippen LogP contribution is -2.18. The van der Waals surface area contributed by atoms with Crippen molar-refractivity contribution in [1.29, 1.82) is 0 Å². The van der Waals surface area contributed by atoms with Gasteiger partial charge in [0, 0.05) is 7.11 Å². The third-order valence-electron chi connectivity index (χ3n) is 2.16. The molecule has 0 aromatic carbocycles. The van der Waals surface area contributed by atoms with Crippen molar-refractivity contribution in [3.63, 3.8) is 0 Å². The second-order valence-electron chi connectivity index (χ2n) is 3.86. The molecular formula is C10H19N3O3. The van der Waals surface area contributed by atoms with E-state index in [0.29, 0.717) is 31.5 Å². The lowest BCUT2D eigenvalue weighted by atomic mass is 10.1. The van der Waals surface area contributed by atoms with Gasteiger partial charge >= 0.3 is 0 Å². The lowest BCUT2D eigenvalue weighted by molar-refractivity contribution is 0.0494. The van der Waals surface area contributed by atoms with E-state index in [1.54, 1.807) is 7.11 Å². The topological polar surface area (TPSA) is 83.4 Å². The van der Waals surface area contributed by atoms with Crippen molar-refractivity contribution in [2.75, 3.05) is 20.3 Å². The summed E-state index contributed by atoms with van der Waals surface area (Å²) in [4.78, 5) is 4.16. The summed E-state index contributed by atoms with van der Waals surface area (Å²) in [5, 5.41) is 3.81. The molecule has 0 aliphatic rings. The number of hydrogen-bond acceptors (Lipinski definition) is 6. The highest BCUT2D eigenvalue weighted by Crippen LogP contribution is 2.15. The highest BCUT2D eigenvalue weighted by Gasteiger charge is 2.17. The van der Waals surface area contributed by atoms with Crippen LogP contribution in [0.4, 0.5) is 0 Å². The fourth-order valence-electron chi connectivity index (χ4n) is 1.06. The largest absolute Gasteiger partial charge is 0.382 e. The smallest absolute Gasteiger partial charge is 0.252 e. The molecule has 1 aromatic heterocycles. The van der Waals surface area contributed by atoms with Crippen molar-refractivity contribution in [3.8, 4) is 0 Å². The molecule has 92 valence electrons. The summed E-state index contributed by atoms with van der Waals surface area (Å²) in [6, 6.07) is -0.198. The van der Waals surface area contributed by atoms with E-state index in [0.717, 1.165) is 0 Å². The van der Waals surface area contributed by atoms with Gasteiger partial charge in [-0.05, 0) is 5.92 Å². The second kappa shape index (κ2) is 6.57. The second-order valence-corrected chi connectivity index (χ2v) is 3.86. The van der Waals surface area contributed by atoms with Crippen molar-refractivity contribution >= 4 is 0 Å². The highest BCUT2D eigenvalue weighted by atomic mass is 16.5. The van der Waals surface area contributed by atoms with Crippen LogP contribution in [0.3, 0.4) is 0 Å². The average molecular weight is 229 g/mol. The Morgan fingerprint density at radius 3 is 2.75 bits per heavy atom. The number of methoxy groups -OCH3 is 1. The minimum Gasteiger partial charge on any atom is -0.382 e. The fourth-order valence-corrected chi connectivity index (χ4v) is 1.06. The van der Waals surface area contributed by atoms with Crippen molar-refractivity contribution in [2.24, 2.45) is 11.7 Å². The van der Waals surface area contributed by atoms with Gasteiger partial charge < -0.3 is 19.7 Å². The van der Waals surface area contributed by atoms with E-state index in [9.17, 15) is 0 Å². The first kappa shape index (κ1) is 13.1. The Morgan fingerprint density at radius 1 is 1.38 bits per heavy atom. The summed E-state index contributed by atoms with van der Waals surface area (Å²) in [6.07, 6.45) is 0. The molecule has 0 saturated carbocycles. The van der Waals surface area contributed by atoms with Crippen molar-refractivity contribution in [2.45, 2.75) is 26.5 Å². The van der Waals surface area contributed by atoms with Crippen LogP contribution in [0.5, 0.6) is 0 Å². The maximum Gasteiger partial charge on any atom is 0.252 e. The van der Waals surface area contributed by atoms with Crippen molar-refractivity contribution in [3.05, 3.63) is 11.7 Å². The molecule has 2 N–H and O–H groups in total. The molecule has 0 fully saturated rings. The van der Waals surface area contributed by atoms with E-state index in [1.165, 1.54) is 0 Å². The molecule has 16 heavy (non-hydrogen) atoms. The van der Waals surface area contributed by atoms with Crippen LogP contribution < -0.4 is 5.73 Å². The van der Waals surface area contributed by atoms with Gasteiger partial charge in [0.15, 0.2) is 5.82 Å². The first-order valence-corrected chi connectivity index (χ1v) is 5.30. The quantitative estimate of drug-likeness (QED) is 0.699. The number of aromatic nitrogens is 2. The number of nitrogens with two attached hydrogens (primary N) is 1. The molecule has 6 heteroatoms. The first-order chi connectivity index (χ1) is 7.65. The van der Waals surface area contributed by atoms with Gasteiger partial charge in [-0.3, -0.25) is 0 Å². The Bertz CT molecular complexity index is 301. The van der Waals surface area contributed by atoms with E-state index in [4.69, 9.17) is 19.7 Å². The van der Waals surface area contributed by atoms with Gasteiger partial charge in [0.25, 0.3) is 5.89 Å². The minimum absolute atomic E-state index is 0.198. The number of hydrogen-bond donors (Lipinski definition) is 1. The molecule has 0 amide bonds. The number of nitrogens with zero attached hydrogens (tertiary/aromatic N) is 2. The molecule has 0 bridgehead atoms. The van der Waals surface area contributed by atoms with Crippen LogP contribution in [-0.2, 0) is 16.1 Å². The molecule has 0 spiro atoms. The normalized spacial score (nSPS) is 13.3. The summed E-state index contributed by atoms with van der Waals surface area (Å²) >= 11 is 0. The Balaban J connectivity index is 2.39. The summed E-state index contributed by atoms with van der Waals surface area (Å²) in [6.45, 7) is 5.36. The van der Waals surface area contributed by atoms with E-state index in [2.05, 4.69) is 10.1 Å². The van der Waals surface area contributed by atoms with Crippen LogP contribution in [0.25, 0.3) is 0 Å². The number of ether oxygens (including phenoxy) is 2. The van der Waals surface area contributed by atoms with Crippen LogP contribution in [-0.4, -0.2) is 30.5 Å². The maximum absolute atomic E-state index is 5.88. The van der Waals surface area contributed by atoms with Gasteiger partial charge in [0.05, 0.1) is 19.3 Å². The molecular weight excluding hydrogens is 210 g/mol. The van der Waals surface area contributed by atoms with Crippen molar-refractivity contribution < 1.29 is 14.0 Å². The third-order valence-corrected chi connectivity index (χ3v) is 2.16. The zero-order valence-corrected chi connectivity index (χ0v) is 9.97. The molecule has 1 rings (SSSR count). The van der Waals surface area contributed by atoms with E-state index in [1.807, 2.05) is 13.8 Å². The maximum atomic E-state index is 5.88. The van der Waals surface area contributed by atoms with Crippen LogP contribution in [0, 0.1) is 5.92 Å². The van der Waals surface area contributed by atoms with Crippen molar-refractivity contribution in [1.82, 2.24) is 10.1 Å². The highest BCUT2D eigenvalue weighted by molar-refractivity contribution is 4.93. The fraction of sp³-hybridized carbons (Fsp3) is 0.800. The molecule has 1 aromatic rings. The molecule has 0 radical (unpaired) electrons. The van der Waals surface area contributed by atoms with E-state index < -0.39 is 0 Å². The Hall–Kier alpha value is -0.980. The van der Waals surface area contributed by atoms with Crippen LogP contribution >= 0.6 is 0 Å². The molecule has 0 saturated heterocycles. The molecule has 0 aliphatic heterocycles. The molecule has 1 unspecified atom stereocenters. The van der Waals surface area contributed by atoms with E-state index in [-0.39, 0.29) is 12.0 Å².